The van der Waals surface area contributed by atoms with E-state index >= 15 is 0 Å². The Morgan fingerprint density at radius 3 is 1.24 bits per heavy atom. The quantitative estimate of drug-likeness (QED) is 0.0272. The summed E-state index contributed by atoms with van der Waals surface area (Å²) in [5.41, 5.74) is 0. The molecule has 3 unspecified atom stereocenters. The van der Waals surface area contributed by atoms with E-state index in [1.807, 2.05) is 21.1 Å². The van der Waals surface area contributed by atoms with Crippen molar-refractivity contribution in [3.8, 4) is 0 Å². The van der Waals surface area contributed by atoms with Crippen molar-refractivity contribution in [2.24, 2.45) is 0 Å². The van der Waals surface area contributed by atoms with E-state index < -0.39 is 20.0 Å². The van der Waals surface area contributed by atoms with Crippen LogP contribution in [0.3, 0.4) is 0 Å². The van der Waals surface area contributed by atoms with E-state index in [-0.39, 0.29) is 19.1 Å². The summed E-state index contributed by atoms with van der Waals surface area (Å²) in [4.78, 5) is 25.6. The predicted molar refractivity (Wildman–Crippen MR) is 311 cm³/mol. The monoisotopic (exact) mass is 1030 g/mol. The van der Waals surface area contributed by atoms with Crippen molar-refractivity contribution in [2.45, 2.75) is 309 Å². The number of carbonyl (C=O) groups is 1. The largest absolute Gasteiger partial charge is 0.756 e. The van der Waals surface area contributed by atoms with Gasteiger partial charge >= 0.3 is 0 Å². The van der Waals surface area contributed by atoms with Crippen molar-refractivity contribution in [3.63, 3.8) is 0 Å². The molecule has 0 fully saturated rings. The number of hydrogen-bond acceptors (Lipinski definition) is 6. The maximum absolute atomic E-state index is 13.0. The summed E-state index contributed by atoms with van der Waals surface area (Å²) in [6, 6.07) is -0.806. The Morgan fingerprint density at radius 2 is 0.847 bits per heavy atom. The summed E-state index contributed by atoms with van der Waals surface area (Å²) in [5.74, 6) is -0.167. The normalized spacial score (nSPS) is 14.2. The average molecular weight is 1030 g/mol. The van der Waals surface area contributed by atoms with Crippen LogP contribution in [0.1, 0.15) is 296 Å². The van der Waals surface area contributed by atoms with Crippen LogP contribution in [0.4, 0.5) is 0 Å². The molecule has 0 spiro atoms. The first-order chi connectivity index (χ1) is 35.0. The number of aliphatic hydroxyl groups excluding tert-OH is 1. The molecule has 0 aromatic heterocycles. The third-order valence-electron chi connectivity index (χ3n) is 14.1. The zero-order chi connectivity index (χ0) is 52.7. The molecular weight excluding hydrogens is 912 g/mol. The molecule has 0 radical (unpaired) electrons. The molecule has 72 heavy (non-hydrogen) atoms. The Bertz CT molecular complexity index is 1310. The fourth-order valence-corrected chi connectivity index (χ4v) is 9.99. The van der Waals surface area contributed by atoms with Crippen molar-refractivity contribution >= 4 is 13.7 Å². The molecule has 8 nitrogen and oxygen atoms in total. The molecule has 0 aromatic carbocycles. The second kappa shape index (κ2) is 54.3. The summed E-state index contributed by atoms with van der Waals surface area (Å²) < 4.78 is 23.5. The maximum Gasteiger partial charge on any atom is 0.268 e. The molecular formula is C63H121N2O6P. The number of nitrogens with one attached hydrogen (secondary N) is 1. The first-order valence-corrected chi connectivity index (χ1v) is 32.4. The third kappa shape index (κ3) is 56.2. The number of unbranched alkanes of at least 4 members (excludes halogenated alkanes) is 36. The van der Waals surface area contributed by atoms with Gasteiger partial charge in [0.05, 0.1) is 39.9 Å². The number of aliphatic hydroxyl groups is 1. The summed E-state index contributed by atoms with van der Waals surface area (Å²) >= 11 is 0. The lowest BCUT2D eigenvalue weighted by Gasteiger charge is -2.30. The lowest BCUT2D eigenvalue weighted by molar-refractivity contribution is -0.870. The van der Waals surface area contributed by atoms with Gasteiger partial charge in [0.15, 0.2) is 0 Å². The molecule has 3 atom stereocenters. The van der Waals surface area contributed by atoms with E-state index in [0.717, 1.165) is 64.2 Å². The van der Waals surface area contributed by atoms with Crippen LogP contribution >= 0.6 is 7.82 Å². The Balaban J connectivity index is 4.11. The SMILES string of the molecule is CC/C=C\C/C=C\C/C=C\C/C=C\CCCCCCCCCCCCC(=O)NC(COP(=O)([O-])OCC[N+](C)(C)C)C(O)CCCCCCCCCCCCCCCCCCCCCCCCCCCCC. The Hall–Kier alpha value is -1.54. The van der Waals surface area contributed by atoms with Gasteiger partial charge in [0.25, 0.3) is 7.82 Å². The Morgan fingerprint density at radius 1 is 0.500 bits per heavy atom. The first-order valence-electron chi connectivity index (χ1n) is 31.0. The lowest BCUT2D eigenvalue weighted by Crippen LogP contribution is -2.46. The standard InChI is InChI=1S/C63H121N2O6P/c1-6-8-10-12-14-16-18-20-22-24-26-28-30-31-32-33-35-36-38-40-42-44-46-48-50-52-54-56-62(66)61(60-71-72(68,69)70-59-58-65(3,4)5)64-63(67)57-55-53-51-49-47-45-43-41-39-37-34-29-27-25-23-21-19-17-15-13-11-9-7-2/h9,11,15,17,21,23,27,29,61-62,66H,6-8,10,12-14,16,18-20,22,24-26,28,30-60H2,1-5H3,(H-,64,67,68,69)/b11-9-,17-15-,23-21-,29-27-. The van der Waals surface area contributed by atoms with Gasteiger partial charge in [0.1, 0.15) is 13.2 Å². The van der Waals surface area contributed by atoms with Gasteiger partial charge in [-0.1, -0.05) is 287 Å². The molecule has 9 heteroatoms. The van der Waals surface area contributed by atoms with Gasteiger partial charge < -0.3 is 28.8 Å². The van der Waals surface area contributed by atoms with Gasteiger partial charge in [0.2, 0.25) is 5.91 Å². The minimum Gasteiger partial charge on any atom is -0.756 e. The molecule has 0 aliphatic rings. The molecule has 0 heterocycles. The van der Waals surface area contributed by atoms with Crippen molar-refractivity contribution in [1.82, 2.24) is 5.32 Å². The number of phosphoric ester groups is 1. The summed E-state index contributed by atoms with van der Waals surface area (Å²) in [5, 5.41) is 14.1. The van der Waals surface area contributed by atoms with Crippen LogP contribution in [0.5, 0.6) is 0 Å². The number of quaternary nitrogens is 1. The second-order valence-electron chi connectivity index (χ2n) is 22.4. The van der Waals surface area contributed by atoms with Gasteiger partial charge in [-0.2, -0.15) is 0 Å². The maximum atomic E-state index is 13.0. The first kappa shape index (κ1) is 70.5. The molecule has 2 N–H and O–H groups in total. The van der Waals surface area contributed by atoms with E-state index in [0.29, 0.717) is 23.9 Å². The molecule has 0 aliphatic carbocycles. The summed E-state index contributed by atoms with van der Waals surface area (Å²) in [7, 11) is 1.31. The van der Waals surface area contributed by atoms with Crippen LogP contribution in [-0.4, -0.2) is 68.5 Å². The zero-order valence-corrected chi connectivity index (χ0v) is 49.3. The lowest BCUT2D eigenvalue weighted by atomic mass is 10.0. The highest BCUT2D eigenvalue weighted by molar-refractivity contribution is 7.45. The van der Waals surface area contributed by atoms with Crippen molar-refractivity contribution in [3.05, 3.63) is 48.6 Å². The fraction of sp³-hybridized carbons (Fsp3) is 0.857. The number of likely N-dealkylation sites (N-methyl/N-ethyl adjacent to an activating group) is 1. The number of allylic oxidation sites excluding steroid dienone is 8. The van der Waals surface area contributed by atoms with Crippen LogP contribution in [0.25, 0.3) is 0 Å². The van der Waals surface area contributed by atoms with Crippen LogP contribution in [0.15, 0.2) is 48.6 Å². The molecule has 0 aliphatic heterocycles. The number of nitrogens with zero attached hydrogens (tertiary/aromatic N) is 1. The molecule has 0 saturated heterocycles. The molecule has 0 rings (SSSR count). The van der Waals surface area contributed by atoms with E-state index in [1.54, 1.807) is 0 Å². The topological polar surface area (TPSA) is 108 Å². The predicted octanol–water partition coefficient (Wildman–Crippen LogP) is 18.5. The average Bonchev–Trinajstić information content (AvgIpc) is 3.34. The number of rotatable bonds is 57. The van der Waals surface area contributed by atoms with E-state index in [9.17, 15) is 19.4 Å². The van der Waals surface area contributed by atoms with Crippen molar-refractivity contribution in [2.75, 3.05) is 40.9 Å². The van der Waals surface area contributed by atoms with Gasteiger partial charge in [-0.05, 0) is 51.4 Å². The number of carbonyl (C=O) groups excluding carboxylic acids is 1. The van der Waals surface area contributed by atoms with E-state index in [1.165, 1.54) is 205 Å². The molecule has 0 aromatic rings. The van der Waals surface area contributed by atoms with Gasteiger partial charge in [-0.25, -0.2) is 0 Å². The zero-order valence-electron chi connectivity index (χ0n) is 48.4. The minimum absolute atomic E-state index is 0.0106. The second-order valence-corrected chi connectivity index (χ2v) is 23.8. The number of phosphoric acid groups is 1. The van der Waals surface area contributed by atoms with Gasteiger partial charge in [-0.15, -0.1) is 0 Å². The molecule has 424 valence electrons. The number of hydrogen-bond donors (Lipinski definition) is 2. The van der Waals surface area contributed by atoms with Gasteiger partial charge in [0, 0.05) is 6.42 Å². The van der Waals surface area contributed by atoms with Crippen LogP contribution in [0.2, 0.25) is 0 Å². The smallest absolute Gasteiger partial charge is 0.268 e. The van der Waals surface area contributed by atoms with E-state index in [2.05, 4.69) is 67.8 Å². The molecule has 0 bridgehead atoms. The van der Waals surface area contributed by atoms with Crippen molar-refractivity contribution in [1.29, 1.82) is 0 Å². The molecule has 1 amide bonds. The summed E-state index contributed by atoms with van der Waals surface area (Å²) in [6.07, 6.45) is 71.5. The van der Waals surface area contributed by atoms with Crippen LogP contribution in [-0.2, 0) is 18.4 Å². The molecule has 0 saturated carbocycles. The van der Waals surface area contributed by atoms with Crippen molar-refractivity contribution < 1.29 is 32.9 Å². The highest BCUT2D eigenvalue weighted by Crippen LogP contribution is 2.38. The highest BCUT2D eigenvalue weighted by atomic mass is 31.2. The fourth-order valence-electron chi connectivity index (χ4n) is 9.27. The third-order valence-corrected chi connectivity index (χ3v) is 15.0. The highest BCUT2D eigenvalue weighted by Gasteiger charge is 2.24. The number of amides is 1. The Labute approximate surface area is 448 Å². The Kier molecular flexibility index (Phi) is 53.1. The van der Waals surface area contributed by atoms with E-state index in [4.69, 9.17) is 9.05 Å². The summed E-state index contributed by atoms with van der Waals surface area (Å²) in [6.45, 7) is 4.64. The van der Waals surface area contributed by atoms with Crippen LogP contribution < -0.4 is 10.2 Å². The van der Waals surface area contributed by atoms with Crippen LogP contribution in [0, 0.1) is 0 Å². The van der Waals surface area contributed by atoms with Gasteiger partial charge in [-0.3, -0.25) is 9.36 Å². The minimum atomic E-state index is -4.58.